The van der Waals surface area contributed by atoms with Gasteiger partial charge in [0.05, 0.1) is 5.56 Å². The molecule has 0 atom stereocenters. The van der Waals surface area contributed by atoms with Crippen molar-refractivity contribution in [3.63, 3.8) is 0 Å². The van der Waals surface area contributed by atoms with Crippen LogP contribution in [0.25, 0.3) is 0 Å². The summed E-state index contributed by atoms with van der Waals surface area (Å²) in [4.78, 5) is 19.8. The van der Waals surface area contributed by atoms with E-state index in [0.717, 1.165) is 18.9 Å². The van der Waals surface area contributed by atoms with Gasteiger partial charge in [-0.05, 0) is 31.4 Å². The van der Waals surface area contributed by atoms with Gasteiger partial charge in [-0.1, -0.05) is 6.92 Å². The molecule has 0 aromatic carbocycles. The standard InChI is InChI=1S/C16H20F3N3O/c1-15(5-6-15)14(23)22-9-3-8-21(10-11-22)13-12(16(17,18)19)4-2-7-20-13/h2,4,7H,3,5-6,8-11H2,1H3. The number of nitrogens with zero attached hydrogens (tertiary/aromatic N) is 3. The van der Waals surface area contributed by atoms with Crippen LogP contribution in [-0.2, 0) is 11.0 Å². The van der Waals surface area contributed by atoms with E-state index in [4.69, 9.17) is 0 Å². The number of anilines is 1. The molecule has 1 saturated heterocycles. The molecule has 2 fully saturated rings. The van der Waals surface area contributed by atoms with Gasteiger partial charge < -0.3 is 9.80 Å². The summed E-state index contributed by atoms with van der Waals surface area (Å²) >= 11 is 0. The molecule has 1 aliphatic heterocycles. The van der Waals surface area contributed by atoms with Crippen LogP contribution in [0.2, 0.25) is 0 Å². The molecule has 1 aromatic rings. The maximum absolute atomic E-state index is 13.1. The highest BCUT2D eigenvalue weighted by molar-refractivity contribution is 5.85. The Balaban J connectivity index is 1.75. The lowest BCUT2D eigenvalue weighted by atomic mass is 10.1. The second-order valence-corrected chi connectivity index (χ2v) is 6.57. The first-order valence-electron chi connectivity index (χ1n) is 7.88. The maximum atomic E-state index is 13.1. The Kier molecular flexibility index (Phi) is 3.98. The molecule has 23 heavy (non-hydrogen) atoms. The topological polar surface area (TPSA) is 36.4 Å². The maximum Gasteiger partial charge on any atom is 0.419 e. The lowest BCUT2D eigenvalue weighted by Crippen LogP contribution is -2.39. The monoisotopic (exact) mass is 327 g/mol. The third kappa shape index (κ3) is 3.28. The van der Waals surface area contributed by atoms with Crippen LogP contribution in [0.15, 0.2) is 18.3 Å². The number of hydrogen-bond donors (Lipinski definition) is 0. The van der Waals surface area contributed by atoms with E-state index in [1.807, 2.05) is 6.92 Å². The highest BCUT2D eigenvalue weighted by atomic mass is 19.4. The number of hydrogen-bond acceptors (Lipinski definition) is 3. The molecule has 1 amide bonds. The minimum absolute atomic E-state index is 0.0352. The molecule has 1 saturated carbocycles. The SMILES string of the molecule is CC1(C(=O)N2CCCN(c3ncccc3C(F)(F)F)CC2)CC1. The Morgan fingerprint density at radius 3 is 2.61 bits per heavy atom. The van der Waals surface area contributed by atoms with Gasteiger partial charge in [-0.25, -0.2) is 4.98 Å². The number of alkyl halides is 3. The van der Waals surface area contributed by atoms with Crippen molar-refractivity contribution < 1.29 is 18.0 Å². The van der Waals surface area contributed by atoms with Crippen LogP contribution in [0.5, 0.6) is 0 Å². The third-order valence-electron chi connectivity index (χ3n) is 4.69. The van der Waals surface area contributed by atoms with Crippen LogP contribution in [0.4, 0.5) is 19.0 Å². The molecule has 126 valence electrons. The molecule has 0 bridgehead atoms. The number of carbonyl (C=O) groups excluding carboxylic acids is 1. The van der Waals surface area contributed by atoms with Crippen molar-refractivity contribution in [2.75, 3.05) is 31.1 Å². The second-order valence-electron chi connectivity index (χ2n) is 6.57. The summed E-state index contributed by atoms with van der Waals surface area (Å²) in [6.07, 6.45) is -0.582. The minimum Gasteiger partial charge on any atom is -0.354 e. The van der Waals surface area contributed by atoms with Gasteiger partial charge in [0.2, 0.25) is 5.91 Å². The van der Waals surface area contributed by atoms with Crippen molar-refractivity contribution in [3.05, 3.63) is 23.9 Å². The van der Waals surface area contributed by atoms with Gasteiger partial charge in [0.15, 0.2) is 0 Å². The Hall–Kier alpha value is -1.79. The van der Waals surface area contributed by atoms with Crippen LogP contribution in [0.1, 0.15) is 31.7 Å². The van der Waals surface area contributed by atoms with E-state index in [9.17, 15) is 18.0 Å². The van der Waals surface area contributed by atoms with Gasteiger partial charge in [-0.3, -0.25) is 4.79 Å². The smallest absolute Gasteiger partial charge is 0.354 e. The average molecular weight is 327 g/mol. The summed E-state index contributed by atoms with van der Waals surface area (Å²) in [6, 6.07) is 2.36. The van der Waals surface area contributed by atoms with Crippen molar-refractivity contribution in [1.82, 2.24) is 9.88 Å². The van der Waals surface area contributed by atoms with Crippen LogP contribution in [0.3, 0.4) is 0 Å². The Labute approximate surface area is 133 Å². The van der Waals surface area contributed by atoms with E-state index in [1.165, 1.54) is 12.3 Å². The predicted molar refractivity (Wildman–Crippen MR) is 80.0 cm³/mol. The van der Waals surface area contributed by atoms with Gasteiger partial charge in [0.25, 0.3) is 0 Å². The Bertz CT molecular complexity index is 598. The summed E-state index contributed by atoms with van der Waals surface area (Å²) in [5.41, 5.74) is -0.953. The molecular formula is C16H20F3N3O. The van der Waals surface area contributed by atoms with Crippen molar-refractivity contribution in [1.29, 1.82) is 0 Å². The highest BCUT2D eigenvalue weighted by Crippen LogP contribution is 2.46. The van der Waals surface area contributed by atoms with Crippen LogP contribution in [-0.4, -0.2) is 42.0 Å². The lowest BCUT2D eigenvalue weighted by molar-refractivity contribution is -0.137. The van der Waals surface area contributed by atoms with E-state index in [2.05, 4.69) is 4.98 Å². The van der Waals surface area contributed by atoms with E-state index in [0.29, 0.717) is 32.6 Å². The van der Waals surface area contributed by atoms with Gasteiger partial charge in [0.1, 0.15) is 5.82 Å². The fourth-order valence-corrected chi connectivity index (χ4v) is 2.99. The van der Waals surface area contributed by atoms with Gasteiger partial charge in [0, 0.05) is 37.8 Å². The van der Waals surface area contributed by atoms with Gasteiger partial charge in [-0.15, -0.1) is 0 Å². The van der Waals surface area contributed by atoms with Crippen molar-refractivity contribution >= 4 is 11.7 Å². The molecule has 0 N–H and O–H groups in total. The van der Waals surface area contributed by atoms with Crippen LogP contribution in [0, 0.1) is 5.41 Å². The van der Waals surface area contributed by atoms with Gasteiger partial charge >= 0.3 is 6.18 Å². The largest absolute Gasteiger partial charge is 0.419 e. The summed E-state index contributed by atoms with van der Waals surface area (Å²) in [7, 11) is 0. The minimum atomic E-state index is -4.42. The number of aromatic nitrogens is 1. The molecule has 1 aliphatic carbocycles. The molecule has 2 heterocycles. The quantitative estimate of drug-likeness (QED) is 0.838. The summed E-state index contributed by atoms with van der Waals surface area (Å²) < 4.78 is 39.4. The van der Waals surface area contributed by atoms with E-state index in [1.54, 1.807) is 9.80 Å². The highest BCUT2D eigenvalue weighted by Gasteiger charge is 2.47. The Morgan fingerprint density at radius 2 is 1.96 bits per heavy atom. The normalized spacial score (nSPS) is 21.0. The fourth-order valence-electron chi connectivity index (χ4n) is 2.99. The zero-order valence-electron chi connectivity index (χ0n) is 13.1. The molecule has 0 spiro atoms. The molecule has 4 nitrogen and oxygen atoms in total. The summed E-state index contributed by atoms with van der Waals surface area (Å²) in [5, 5.41) is 0. The fraction of sp³-hybridized carbons (Fsp3) is 0.625. The zero-order chi connectivity index (χ0) is 16.7. The molecular weight excluding hydrogens is 307 g/mol. The average Bonchev–Trinajstić information content (AvgIpc) is 3.29. The first-order chi connectivity index (χ1) is 10.8. The lowest BCUT2D eigenvalue weighted by Gasteiger charge is -2.26. The summed E-state index contributed by atoms with van der Waals surface area (Å²) in [5.74, 6) is 0.100. The van der Waals surface area contributed by atoms with Gasteiger partial charge in [-0.2, -0.15) is 13.2 Å². The number of carbonyl (C=O) groups is 1. The first kappa shape index (κ1) is 16.1. The molecule has 0 unspecified atom stereocenters. The number of halogens is 3. The van der Waals surface area contributed by atoms with E-state index < -0.39 is 11.7 Å². The molecule has 7 heteroatoms. The molecule has 1 aromatic heterocycles. The number of rotatable bonds is 2. The third-order valence-corrected chi connectivity index (χ3v) is 4.69. The van der Waals surface area contributed by atoms with Crippen molar-refractivity contribution in [2.24, 2.45) is 5.41 Å². The second kappa shape index (κ2) is 5.69. The Morgan fingerprint density at radius 1 is 1.22 bits per heavy atom. The van der Waals surface area contributed by atoms with E-state index >= 15 is 0 Å². The van der Waals surface area contributed by atoms with Crippen LogP contribution >= 0.6 is 0 Å². The number of amides is 1. The number of pyridine rings is 1. The van der Waals surface area contributed by atoms with Crippen molar-refractivity contribution in [2.45, 2.75) is 32.4 Å². The molecule has 2 aliphatic rings. The predicted octanol–water partition coefficient (Wildman–Crippen LogP) is 2.94. The molecule has 0 radical (unpaired) electrons. The van der Waals surface area contributed by atoms with Crippen LogP contribution < -0.4 is 4.90 Å². The zero-order valence-corrected chi connectivity index (χ0v) is 13.1. The first-order valence-corrected chi connectivity index (χ1v) is 7.88. The summed E-state index contributed by atoms with van der Waals surface area (Å²) in [6.45, 7) is 3.85. The van der Waals surface area contributed by atoms with Crippen molar-refractivity contribution in [3.8, 4) is 0 Å². The van der Waals surface area contributed by atoms with E-state index in [-0.39, 0.29) is 17.1 Å². The molecule has 3 rings (SSSR count).